The highest BCUT2D eigenvalue weighted by Gasteiger charge is 2.39. The molecule has 4 rings (SSSR count). The number of dihydropyridines is 1. The molecule has 31 heavy (non-hydrogen) atoms. The number of nitrogens with zero attached hydrogens (tertiary/aromatic N) is 1. The fraction of sp³-hybridized carbons (Fsp3) is 0.269. The molecular weight excluding hydrogens is 388 g/mol. The molecule has 2 aromatic carbocycles. The molecule has 1 heterocycles. The molecule has 0 fully saturated rings. The van der Waals surface area contributed by atoms with Crippen LogP contribution in [0.5, 0.6) is 0 Å². The maximum absolute atomic E-state index is 13.2. The fourth-order valence-electron chi connectivity index (χ4n) is 4.40. The molecule has 0 radical (unpaired) electrons. The second-order valence-corrected chi connectivity index (χ2v) is 8.02. The third-order valence-electron chi connectivity index (χ3n) is 6.08. The van der Waals surface area contributed by atoms with E-state index in [1.165, 1.54) is 0 Å². The molecular formula is C26H24N2O3. The van der Waals surface area contributed by atoms with Crippen LogP contribution in [0.1, 0.15) is 61.5 Å². The highest BCUT2D eigenvalue weighted by atomic mass is 16.5. The van der Waals surface area contributed by atoms with Crippen molar-refractivity contribution < 1.29 is 14.3 Å². The standard InChI is InChI=1S/C26H24N2O3/c1-5-14(2)31-26(30)22-16(4)28-15(3)21(13-27)24(22)19-11-8-12-20-23(19)17-9-6-7-10-18(17)25(20)29/h6-12,14,24,28H,5H2,1-4H3/t14-,24?/m1/s1. The smallest absolute Gasteiger partial charge is 0.337 e. The highest BCUT2D eigenvalue weighted by molar-refractivity contribution is 6.22. The number of nitrogens with one attached hydrogen (secondary N) is 1. The van der Waals surface area contributed by atoms with Crippen molar-refractivity contribution in [1.29, 1.82) is 5.26 Å². The summed E-state index contributed by atoms with van der Waals surface area (Å²) in [5, 5.41) is 13.2. The van der Waals surface area contributed by atoms with Gasteiger partial charge in [-0.15, -0.1) is 0 Å². The lowest BCUT2D eigenvalue weighted by atomic mass is 9.78. The van der Waals surface area contributed by atoms with Gasteiger partial charge in [-0.25, -0.2) is 4.79 Å². The van der Waals surface area contributed by atoms with E-state index in [0.29, 0.717) is 40.1 Å². The molecule has 0 aromatic heterocycles. The number of carbonyl (C=O) groups excluding carboxylic acids is 2. The van der Waals surface area contributed by atoms with Crippen molar-refractivity contribution in [2.75, 3.05) is 0 Å². The van der Waals surface area contributed by atoms with Crippen molar-refractivity contribution in [3.63, 3.8) is 0 Å². The minimum absolute atomic E-state index is 0.0370. The van der Waals surface area contributed by atoms with Crippen LogP contribution in [-0.2, 0) is 9.53 Å². The topological polar surface area (TPSA) is 79.2 Å². The maximum atomic E-state index is 13.2. The molecule has 2 aromatic rings. The second kappa shape index (κ2) is 7.88. The van der Waals surface area contributed by atoms with Crippen molar-refractivity contribution in [1.82, 2.24) is 5.32 Å². The van der Waals surface area contributed by atoms with Crippen LogP contribution < -0.4 is 5.32 Å². The molecule has 1 N–H and O–H groups in total. The molecule has 1 aliphatic carbocycles. The van der Waals surface area contributed by atoms with Gasteiger partial charge in [0.2, 0.25) is 0 Å². The Morgan fingerprint density at radius 3 is 2.45 bits per heavy atom. The van der Waals surface area contributed by atoms with Gasteiger partial charge in [-0.1, -0.05) is 49.4 Å². The Hall–Kier alpha value is -3.65. The summed E-state index contributed by atoms with van der Waals surface area (Å²) < 4.78 is 5.66. The molecule has 0 bridgehead atoms. The summed E-state index contributed by atoms with van der Waals surface area (Å²) in [5.41, 5.74) is 5.84. The Labute approximate surface area is 182 Å². The Morgan fingerprint density at radius 2 is 1.77 bits per heavy atom. The summed E-state index contributed by atoms with van der Waals surface area (Å²) in [6, 6.07) is 15.3. The van der Waals surface area contributed by atoms with Crippen LogP contribution in [-0.4, -0.2) is 17.9 Å². The van der Waals surface area contributed by atoms with E-state index >= 15 is 0 Å². The predicted octanol–water partition coefficient (Wildman–Crippen LogP) is 5.00. The van der Waals surface area contributed by atoms with Gasteiger partial charge in [0.1, 0.15) is 0 Å². The average molecular weight is 412 g/mol. The van der Waals surface area contributed by atoms with E-state index in [1.807, 2.05) is 64.1 Å². The van der Waals surface area contributed by atoms with Gasteiger partial charge in [0.05, 0.1) is 29.2 Å². The lowest BCUT2D eigenvalue weighted by Gasteiger charge is -2.30. The van der Waals surface area contributed by atoms with Gasteiger partial charge in [-0.3, -0.25) is 4.79 Å². The molecule has 1 aliphatic heterocycles. The lowest BCUT2D eigenvalue weighted by Crippen LogP contribution is -2.30. The van der Waals surface area contributed by atoms with Crippen molar-refractivity contribution in [3.8, 4) is 17.2 Å². The van der Waals surface area contributed by atoms with Gasteiger partial charge in [0, 0.05) is 22.5 Å². The largest absolute Gasteiger partial charge is 0.459 e. The maximum Gasteiger partial charge on any atom is 0.337 e. The first kappa shape index (κ1) is 20.6. The quantitative estimate of drug-likeness (QED) is 0.610. The van der Waals surface area contributed by atoms with Gasteiger partial charge < -0.3 is 10.1 Å². The number of nitriles is 1. The summed E-state index contributed by atoms with van der Waals surface area (Å²) in [6.07, 6.45) is 0.452. The lowest BCUT2D eigenvalue weighted by molar-refractivity contribution is -0.143. The van der Waals surface area contributed by atoms with Crippen LogP contribution in [0, 0.1) is 11.3 Å². The number of ketones is 1. The first-order valence-corrected chi connectivity index (χ1v) is 10.5. The van der Waals surface area contributed by atoms with Crippen LogP contribution in [0.2, 0.25) is 0 Å². The third kappa shape index (κ3) is 3.25. The number of ether oxygens (including phenoxy) is 1. The number of fused-ring (bicyclic) bond motifs is 3. The molecule has 2 atom stereocenters. The molecule has 5 nitrogen and oxygen atoms in total. The molecule has 1 unspecified atom stereocenters. The Kier molecular flexibility index (Phi) is 5.24. The molecule has 0 saturated heterocycles. The zero-order valence-corrected chi connectivity index (χ0v) is 18.1. The number of hydrogen-bond acceptors (Lipinski definition) is 5. The van der Waals surface area contributed by atoms with Gasteiger partial charge in [-0.2, -0.15) is 5.26 Å². The van der Waals surface area contributed by atoms with E-state index in [9.17, 15) is 14.9 Å². The SMILES string of the molecule is CC[C@@H](C)OC(=O)C1=C(C)NC(C)=C(C#N)C1c1cccc2c1-c1ccccc1C2=O. The molecule has 0 saturated carbocycles. The van der Waals surface area contributed by atoms with Crippen LogP contribution >= 0.6 is 0 Å². The van der Waals surface area contributed by atoms with Crippen LogP contribution in [0.25, 0.3) is 11.1 Å². The minimum Gasteiger partial charge on any atom is -0.459 e. The number of benzene rings is 2. The number of esters is 1. The molecule has 5 heteroatoms. The fourth-order valence-corrected chi connectivity index (χ4v) is 4.40. The van der Waals surface area contributed by atoms with Crippen LogP contribution in [0.4, 0.5) is 0 Å². The first-order valence-electron chi connectivity index (χ1n) is 10.5. The van der Waals surface area contributed by atoms with Crippen molar-refractivity contribution in [3.05, 3.63) is 81.7 Å². The van der Waals surface area contributed by atoms with E-state index in [1.54, 1.807) is 6.07 Å². The van der Waals surface area contributed by atoms with Crippen LogP contribution in [0.15, 0.2) is 65.0 Å². The molecule has 2 aliphatic rings. The number of hydrogen-bond donors (Lipinski definition) is 1. The van der Waals surface area contributed by atoms with Crippen LogP contribution in [0.3, 0.4) is 0 Å². The van der Waals surface area contributed by atoms with Gasteiger partial charge in [0.15, 0.2) is 5.78 Å². The Balaban J connectivity index is 1.96. The number of carbonyl (C=O) groups is 2. The van der Waals surface area contributed by atoms with Crippen molar-refractivity contribution in [2.45, 2.75) is 46.1 Å². The summed E-state index contributed by atoms with van der Waals surface area (Å²) in [4.78, 5) is 26.2. The van der Waals surface area contributed by atoms with E-state index in [4.69, 9.17) is 4.74 Å². The monoisotopic (exact) mass is 412 g/mol. The van der Waals surface area contributed by atoms with E-state index in [2.05, 4.69) is 11.4 Å². The summed E-state index contributed by atoms with van der Waals surface area (Å²) >= 11 is 0. The molecule has 0 spiro atoms. The minimum atomic E-state index is -0.614. The van der Waals surface area contributed by atoms with E-state index in [0.717, 1.165) is 16.7 Å². The summed E-state index contributed by atoms with van der Waals surface area (Å²) in [7, 11) is 0. The van der Waals surface area contributed by atoms with Crippen molar-refractivity contribution >= 4 is 11.8 Å². The summed E-state index contributed by atoms with van der Waals surface area (Å²) in [5.74, 6) is -1.10. The van der Waals surface area contributed by atoms with E-state index < -0.39 is 11.9 Å². The van der Waals surface area contributed by atoms with E-state index in [-0.39, 0.29) is 11.9 Å². The molecule has 0 amide bonds. The Morgan fingerprint density at radius 1 is 1.10 bits per heavy atom. The average Bonchev–Trinajstić information content (AvgIpc) is 3.05. The van der Waals surface area contributed by atoms with Gasteiger partial charge in [-0.05, 0) is 43.9 Å². The predicted molar refractivity (Wildman–Crippen MR) is 118 cm³/mol. The second-order valence-electron chi connectivity index (χ2n) is 8.02. The number of rotatable bonds is 4. The first-order chi connectivity index (χ1) is 14.9. The zero-order chi connectivity index (χ0) is 22.3. The zero-order valence-electron chi connectivity index (χ0n) is 18.1. The normalized spacial score (nSPS) is 18.2. The highest BCUT2D eigenvalue weighted by Crippen LogP contribution is 2.47. The van der Waals surface area contributed by atoms with Gasteiger partial charge >= 0.3 is 5.97 Å². The van der Waals surface area contributed by atoms with Crippen molar-refractivity contribution in [2.24, 2.45) is 0 Å². The third-order valence-corrected chi connectivity index (χ3v) is 6.08. The van der Waals surface area contributed by atoms with Gasteiger partial charge in [0.25, 0.3) is 0 Å². The Bertz CT molecular complexity index is 1210. The summed E-state index contributed by atoms with van der Waals surface area (Å²) in [6.45, 7) is 7.45. The number of allylic oxidation sites excluding steroid dienone is 3. The molecule has 156 valence electrons.